The first-order valence-corrected chi connectivity index (χ1v) is 12.0. The van der Waals surface area contributed by atoms with E-state index in [0.29, 0.717) is 22.5 Å². The maximum Gasteiger partial charge on any atom is 0.261 e. The molecule has 0 aliphatic rings. The molecule has 0 aliphatic heterocycles. The number of carbonyl (C=O) groups is 2. The fourth-order valence-electron chi connectivity index (χ4n) is 3.17. The van der Waals surface area contributed by atoms with Crippen LogP contribution < -0.4 is 15.4 Å². The number of rotatable bonds is 8. The molecule has 0 atom stereocenters. The standard InChI is InChI=1S/C25H21N5O4S/c31-24(19-4-6-23(7-5-19)35(33,34)30-21-10-14-27-15-11-21)28-17-18-2-1-3-22(16-18)29-25(32)20-8-12-26-13-9-20/h1-16H,17H2,(H,27,30)(H,28,31)(H,29,32). The van der Waals surface area contributed by atoms with Gasteiger partial charge in [-0.3, -0.25) is 24.3 Å². The quantitative estimate of drug-likeness (QED) is 0.349. The van der Waals surface area contributed by atoms with Crippen molar-refractivity contribution in [2.24, 2.45) is 0 Å². The van der Waals surface area contributed by atoms with Gasteiger partial charge in [0.25, 0.3) is 21.8 Å². The molecule has 0 saturated carbocycles. The fourth-order valence-corrected chi connectivity index (χ4v) is 4.23. The Kier molecular flexibility index (Phi) is 7.12. The average molecular weight is 488 g/mol. The zero-order valence-electron chi connectivity index (χ0n) is 18.4. The second kappa shape index (κ2) is 10.6. The highest BCUT2D eigenvalue weighted by molar-refractivity contribution is 7.92. The first-order valence-electron chi connectivity index (χ1n) is 10.5. The van der Waals surface area contributed by atoms with E-state index in [1.807, 2.05) is 6.07 Å². The van der Waals surface area contributed by atoms with E-state index < -0.39 is 10.0 Å². The zero-order valence-corrected chi connectivity index (χ0v) is 19.2. The molecule has 2 heterocycles. The van der Waals surface area contributed by atoms with Crippen LogP contribution in [0, 0.1) is 0 Å². The number of aromatic nitrogens is 2. The van der Waals surface area contributed by atoms with E-state index in [0.717, 1.165) is 5.56 Å². The summed E-state index contributed by atoms with van der Waals surface area (Å²) in [6.07, 6.45) is 6.05. The summed E-state index contributed by atoms with van der Waals surface area (Å²) in [5, 5.41) is 5.60. The number of hydrogen-bond acceptors (Lipinski definition) is 6. The van der Waals surface area contributed by atoms with Crippen LogP contribution in [0.1, 0.15) is 26.3 Å². The van der Waals surface area contributed by atoms with E-state index in [1.165, 1.54) is 36.7 Å². The monoisotopic (exact) mass is 487 g/mol. The third kappa shape index (κ3) is 6.27. The molecule has 0 spiro atoms. The minimum Gasteiger partial charge on any atom is -0.348 e. The van der Waals surface area contributed by atoms with E-state index in [9.17, 15) is 18.0 Å². The van der Waals surface area contributed by atoms with Crippen molar-refractivity contribution in [2.75, 3.05) is 10.0 Å². The van der Waals surface area contributed by atoms with Crippen LogP contribution in [0.25, 0.3) is 0 Å². The topological polar surface area (TPSA) is 130 Å². The van der Waals surface area contributed by atoms with Gasteiger partial charge in [0.15, 0.2) is 0 Å². The summed E-state index contributed by atoms with van der Waals surface area (Å²) >= 11 is 0. The minimum atomic E-state index is -3.79. The molecule has 9 nitrogen and oxygen atoms in total. The number of anilines is 2. The molecule has 10 heteroatoms. The van der Waals surface area contributed by atoms with Gasteiger partial charge < -0.3 is 10.6 Å². The van der Waals surface area contributed by atoms with Crippen LogP contribution in [-0.2, 0) is 16.6 Å². The fraction of sp³-hybridized carbons (Fsp3) is 0.0400. The number of carbonyl (C=O) groups excluding carboxylic acids is 2. The van der Waals surface area contributed by atoms with Crippen molar-refractivity contribution in [3.63, 3.8) is 0 Å². The molecule has 0 bridgehead atoms. The molecule has 4 aromatic rings. The third-order valence-corrected chi connectivity index (χ3v) is 6.34. The third-order valence-electron chi connectivity index (χ3n) is 4.94. The number of benzene rings is 2. The number of nitrogens with zero attached hydrogens (tertiary/aromatic N) is 2. The molecular weight excluding hydrogens is 466 g/mol. The van der Waals surface area contributed by atoms with Gasteiger partial charge in [-0.25, -0.2) is 8.42 Å². The largest absolute Gasteiger partial charge is 0.348 e. The van der Waals surface area contributed by atoms with Crippen LogP contribution in [-0.4, -0.2) is 30.2 Å². The lowest BCUT2D eigenvalue weighted by Gasteiger charge is -2.10. The molecule has 4 rings (SSSR count). The summed E-state index contributed by atoms with van der Waals surface area (Å²) in [6.45, 7) is 0.224. The maximum atomic E-state index is 12.6. The predicted octanol–water partition coefficient (Wildman–Crippen LogP) is 3.46. The predicted molar refractivity (Wildman–Crippen MR) is 131 cm³/mol. The maximum absolute atomic E-state index is 12.6. The molecule has 35 heavy (non-hydrogen) atoms. The second-order valence-corrected chi connectivity index (χ2v) is 9.12. The van der Waals surface area contributed by atoms with Crippen LogP contribution in [0.15, 0.2) is 102 Å². The molecule has 176 valence electrons. The highest BCUT2D eigenvalue weighted by Crippen LogP contribution is 2.16. The summed E-state index contributed by atoms with van der Waals surface area (Å²) in [4.78, 5) is 32.6. The van der Waals surface area contributed by atoms with Gasteiger partial charge in [0.1, 0.15) is 0 Å². The van der Waals surface area contributed by atoms with Gasteiger partial charge in [-0.15, -0.1) is 0 Å². The zero-order chi connectivity index (χ0) is 24.7. The Hall–Kier alpha value is -4.57. The van der Waals surface area contributed by atoms with E-state index in [-0.39, 0.29) is 23.3 Å². The SMILES string of the molecule is O=C(NCc1cccc(NC(=O)c2ccncc2)c1)c1ccc(S(=O)(=O)Nc2ccncc2)cc1. The molecule has 2 amide bonds. The number of sulfonamides is 1. The Morgan fingerprint density at radius 2 is 1.34 bits per heavy atom. The van der Waals surface area contributed by atoms with Crippen LogP contribution in [0.4, 0.5) is 11.4 Å². The molecule has 0 saturated heterocycles. The summed E-state index contributed by atoms with van der Waals surface area (Å²) < 4.78 is 27.5. The molecule has 0 radical (unpaired) electrons. The van der Waals surface area contributed by atoms with Gasteiger partial charge in [0, 0.05) is 48.1 Å². The summed E-state index contributed by atoms with van der Waals surface area (Å²) in [6, 6.07) is 19.1. The average Bonchev–Trinajstić information content (AvgIpc) is 2.88. The van der Waals surface area contributed by atoms with Crippen molar-refractivity contribution in [3.05, 3.63) is 114 Å². The van der Waals surface area contributed by atoms with Crippen LogP contribution in [0.3, 0.4) is 0 Å². The Morgan fingerprint density at radius 3 is 2.03 bits per heavy atom. The van der Waals surface area contributed by atoms with Crippen molar-refractivity contribution in [2.45, 2.75) is 11.4 Å². The normalized spacial score (nSPS) is 10.9. The molecular formula is C25H21N5O4S. The highest BCUT2D eigenvalue weighted by atomic mass is 32.2. The van der Waals surface area contributed by atoms with Crippen molar-refractivity contribution < 1.29 is 18.0 Å². The van der Waals surface area contributed by atoms with Gasteiger partial charge in [-0.05, 0) is 66.2 Å². The van der Waals surface area contributed by atoms with Crippen LogP contribution in [0.5, 0.6) is 0 Å². The minimum absolute atomic E-state index is 0.0310. The summed E-state index contributed by atoms with van der Waals surface area (Å²) in [5.41, 5.74) is 2.57. The van der Waals surface area contributed by atoms with E-state index in [4.69, 9.17) is 0 Å². The van der Waals surface area contributed by atoms with Gasteiger partial charge in [-0.2, -0.15) is 0 Å². The van der Waals surface area contributed by atoms with Gasteiger partial charge in [-0.1, -0.05) is 12.1 Å². The first-order chi connectivity index (χ1) is 16.9. The lowest BCUT2D eigenvalue weighted by molar-refractivity contribution is 0.0949. The van der Waals surface area contributed by atoms with E-state index in [2.05, 4.69) is 25.3 Å². The van der Waals surface area contributed by atoms with Gasteiger partial charge in [0.05, 0.1) is 10.6 Å². The Bertz CT molecular complexity index is 1430. The lowest BCUT2D eigenvalue weighted by Crippen LogP contribution is -2.23. The summed E-state index contributed by atoms with van der Waals surface area (Å²) in [7, 11) is -3.79. The van der Waals surface area contributed by atoms with E-state index >= 15 is 0 Å². The number of hydrogen-bond donors (Lipinski definition) is 3. The number of nitrogens with one attached hydrogen (secondary N) is 3. The molecule has 0 fully saturated rings. The van der Waals surface area contributed by atoms with Crippen molar-refractivity contribution in [3.8, 4) is 0 Å². The van der Waals surface area contributed by atoms with Crippen LogP contribution >= 0.6 is 0 Å². The molecule has 0 unspecified atom stereocenters. The Balaban J connectivity index is 1.35. The smallest absolute Gasteiger partial charge is 0.261 e. The van der Waals surface area contributed by atoms with Gasteiger partial charge in [0.2, 0.25) is 0 Å². The van der Waals surface area contributed by atoms with Crippen molar-refractivity contribution in [1.29, 1.82) is 0 Å². The van der Waals surface area contributed by atoms with Crippen LogP contribution in [0.2, 0.25) is 0 Å². The Labute approximate surface area is 202 Å². The number of amides is 2. The molecule has 0 aliphatic carbocycles. The summed E-state index contributed by atoms with van der Waals surface area (Å²) in [5.74, 6) is -0.621. The first kappa shape index (κ1) is 23.6. The molecule has 2 aromatic carbocycles. The number of pyridine rings is 2. The molecule has 3 N–H and O–H groups in total. The lowest BCUT2D eigenvalue weighted by atomic mass is 10.1. The second-order valence-electron chi connectivity index (χ2n) is 7.44. The van der Waals surface area contributed by atoms with E-state index in [1.54, 1.807) is 54.9 Å². The van der Waals surface area contributed by atoms with Crippen molar-refractivity contribution >= 4 is 33.2 Å². The molecule has 2 aromatic heterocycles. The Morgan fingerprint density at radius 1 is 0.714 bits per heavy atom. The van der Waals surface area contributed by atoms with Crippen molar-refractivity contribution in [1.82, 2.24) is 15.3 Å². The van der Waals surface area contributed by atoms with Gasteiger partial charge >= 0.3 is 0 Å². The highest BCUT2D eigenvalue weighted by Gasteiger charge is 2.15.